The van der Waals surface area contributed by atoms with Crippen LogP contribution in [-0.2, 0) is 22.7 Å². The molecule has 2 rings (SSSR count). The van der Waals surface area contributed by atoms with Gasteiger partial charge in [-0.25, -0.2) is 0 Å². The van der Waals surface area contributed by atoms with Crippen LogP contribution < -0.4 is 57.1 Å². The molecule has 8 heteroatoms. The molecule has 0 aliphatic heterocycles. The third-order valence-electron chi connectivity index (χ3n) is 3.75. The number of hydrogen-bond acceptors (Lipinski definition) is 2. The van der Waals surface area contributed by atoms with Crippen molar-refractivity contribution in [3.05, 3.63) is 49.1 Å². The van der Waals surface area contributed by atoms with Crippen molar-refractivity contribution >= 4 is 11.8 Å². The number of amides is 2. The number of pyridine rings is 2. The maximum atomic E-state index is 11.7. The molecule has 0 saturated carbocycles. The first-order valence-electron chi connectivity index (χ1n) is 7.75. The molecule has 26 heavy (non-hydrogen) atoms. The molecule has 2 aromatic rings. The predicted molar refractivity (Wildman–Crippen MR) is 89.7 cm³/mol. The molecule has 2 heterocycles. The molecule has 2 aromatic heterocycles. The minimum atomic E-state index is 0. The zero-order valence-corrected chi connectivity index (χ0v) is 19.7. The summed E-state index contributed by atoms with van der Waals surface area (Å²) >= 11 is 0. The van der Waals surface area contributed by atoms with Crippen molar-refractivity contribution in [1.82, 2.24) is 9.80 Å². The van der Waals surface area contributed by atoms with E-state index in [0.717, 1.165) is 11.1 Å². The number of rotatable bonds is 5. The summed E-state index contributed by atoms with van der Waals surface area (Å²) in [5.41, 5.74) is 2.13. The van der Waals surface area contributed by atoms with Gasteiger partial charge in [-0.2, -0.15) is 9.13 Å². The summed E-state index contributed by atoms with van der Waals surface area (Å²) in [6, 6.07) is 7.92. The van der Waals surface area contributed by atoms with Crippen LogP contribution in [0, 0.1) is 0 Å². The highest BCUT2D eigenvalue weighted by Crippen LogP contribution is 2.15. The van der Waals surface area contributed by atoms with Crippen LogP contribution in [-0.4, -0.2) is 49.8 Å². The maximum absolute atomic E-state index is 11.7. The molecule has 0 bridgehead atoms. The highest BCUT2D eigenvalue weighted by molar-refractivity contribution is 5.74. The van der Waals surface area contributed by atoms with Gasteiger partial charge in [0.05, 0.1) is 0 Å². The zero-order chi connectivity index (χ0) is 17.7. The van der Waals surface area contributed by atoms with Crippen LogP contribution in [0.1, 0.15) is 0 Å². The lowest BCUT2D eigenvalue weighted by Crippen LogP contribution is -3.00. The van der Waals surface area contributed by atoms with Gasteiger partial charge in [0.2, 0.25) is 13.1 Å². The van der Waals surface area contributed by atoms with Crippen LogP contribution in [0.2, 0.25) is 0 Å². The summed E-state index contributed by atoms with van der Waals surface area (Å²) in [6.45, 7) is 0.656. The number of likely N-dealkylation sites (N-methyl/N-ethyl adjacent to an activating group) is 2. The molecule has 6 nitrogen and oxygen atoms in total. The van der Waals surface area contributed by atoms with Crippen LogP contribution in [0.4, 0.5) is 0 Å². The molecule has 0 atom stereocenters. The quantitative estimate of drug-likeness (QED) is 0.261. The largest absolute Gasteiger partial charge is 1.00 e. The Labute approximate surface area is 188 Å². The van der Waals surface area contributed by atoms with Gasteiger partial charge >= 0.3 is 0 Å². The van der Waals surface area contributed by atoms with Crippen molar-refractivity contribution in [2.75, 3.05) is 28.2 Å². The molecule has 0 N–H and O–H groups in total. The third-order valence-corrected chi connectivity index (χ3v) is 3.75. The Morgan fingerprint density at radius 3 is 1.19 bits per heavy atom. The average Bonchev–Trinajstić information content (AvgIpc) is 2.56. The van der Waals surface area contributed by atoms with Crippen LogP contribution >= 0.6 is 0 Å². The Kier molecular flexibility index (Phi) is 10.8. The molecule has 0 aliphatic carbocycles. The molecule has 0 saturated heterocycles. The van der Waals surface area contributed by atoms with Crippen molar-refractivity contribution in [3.63, 3.8) is 0 Å². The molecule has 0 radical (unpaired) electrons. The topological polar surface area (TPSA) is 48.4 Å². The maximum Gasteiger partial charge on any atom is 0.288 e. The number of hydrogen-bond donors (Lipinski definition) is 0. The summed E-state index contributed by atoms with van der Waals surface area (Å²) < 4.78 is 3.70. The second-order valence-corrected chi connectivity index (χ2v) is 6.09. The van der Waals surface area contributed by atoms with Crippen LogP contribution in [0.25, 0.3) is 11.1 Å². The Balaban J connectivity index is 0.00000312. The Morgan fingerprint density at radius 2 is 0.962 bits per heavy atom. The second kappa shape index (κ2) is 11.4. The lowest BCUT2D eigenvalue weighted by molar-refractivity contribution is -0.685. The van der Waals surface area contributed by atoms with Crippen molar-refractivity contribution in [2.24, 2.45) is 0 Å². The standard InChI is InChI=1S/C18H24N4O2.2HI/c1-19(2)17(23)13-21-9-5-15(6-10-21)16-7-11-22(12-8-16)14-18(24)20(3)4;;/h5-12H,13-14H2,1-4H3;2*1H/q+2;;/p-2. The molecular weight excluding hydrogens is 558 g/mol. The van der Waals surface area contributed by atoms with Gasteiger partial charge in [-0.15, -0.1) is 0 Å². The number of carbonyl (C=O) groups is 2. The van der Waals surface area contributed by atoms with Crippen molar-refractivity contribution < 1.29 is 66.7 Å². The predicted octanol–water partition coefficient (Wildman–Crippen LogP) is -5.89. The fourth-order valence-corrected chi connectivity index (χ4v) is 2.11. The van der Waals surface area contributed by atoms with Crippen LogP contribution in [0.3, 0.4) is 0 Å². The van der Waals surface area contributed by atoms with E-state index < -0.39 is 0 Å². The number of aromatic nitrogens is 2. The summed E-state index contributed by atoms with van der Waals surface area (Å²) in [5.74, 6) is 0.109. The summed E-state index contributed by atoms with van der Waals surface area (Å²) in [6.07, 6.45) is 7.58. The van der Waals surface area contributed by atoms with Gasteiger partial charge < -0.3 is 57.8 Å². The van der Waals surface area contributed by atoms with E-state index >= 15 is 0 Å². The smallest absolute Gasteiger partial charge is 0.288 e. The molecule has 2 amide bonds. The molecule has 0 aromatic carbocycles. The fraction of sp³-hybridized carbons (Fsp3) is 0.333. The van der Waals surface area contributed by atoms with Crippen molar-refractivity contribution in [3.8, 4) is 11.1 Å². The van der Waals surface area contributed by atoms with Gasteiger partial charge in [0.15, 0.2) is 24.8 Å². The van der Waals surface area contributed by atoms with Crippen molar-refractivity contribution in [2.45, 2.75) is 13.1 Å². The zero-order valence-electron chi connectivity index (χ0n) is 15.4. The minimum Gasteiger partial charge on any atom is -1.00 e. The summed E-state index contributed by atoms with van der Waals surface area (Å²) in [4.78, 5) is 26.6. The van der Waals surface area contributed by atoms with E-state index in [9.17, 15) is 9.59 Å². The van der Waals surface area contributed by atoms with Gasteiger partial charge in [-0.3, -0.25) is 9.59 Å². The Morgan fingerprint density at radius 1 is 0.692 bits per heavy atom. The minimum absolute atomic E-state index is 0. The van der Waals surface area contributed by atoms with E-state index in [2.05, 4.69) is 0 Å². The van der Waals surface area contributed by atoms with E-state index in [-0.39, 0.29) is 59.8 Å². The highest BCUT2D eigenvalue weighted by Gasteiger charge is 2.13. The second-order valence-electron chi connectivity index (χ2n) is 6.09. The lowest BCUT2D eigenvalue weighted by atomic mass is 10.1. The van der Waals surface area contributed by atoms with E-state index in [1.165, 1.54) is 0 Å². The first-order valence-corrected chi connectivity index (χ1v) is 7.75. The van der Waals surface area contributed by atoms with Crippen LogP contribution in [0.15, 0.2) is 49.1 Å². The Hall–Kier alpha value is -1.30. The molecule has 0 fully saturated rings. The Bertz CT molecular complexity index is 653. The lowest BCUT2D eigenvalue weighted by Gasteiger charge is -2.07. The highest BCUT2D eigenvalue weighted by atomic mass is 127. The van der Waals surface area contributed by atoms with E-state index in [4.69, 9.17) is 0 Å². The summed E-state index contributed by atoms with van der Waals surface area (Å²) in [7, 11) is 6.99. The number of nitrogens with zero attached hydrogens (tertiary/aromatic N) is 4. The number of carbonyl (C=O) groups excluding carboxylic acids is 2. The molecule has 0 aliphatic rings. The first-order chi connectivity index (χ1) is 11.4. The average molecular weight is 582 g/mol. The van der Waals surface area contributed by atoms with E-state index in [1.54, 1.807) is 38.0 Å². The van der Waals surface area contributed by atoms with Crippen molar-refractivity contribution in [1.29, 1.82) is 0 Å². The molecular formula is C18H24I2N4O2. The fourth-order valence-electron chi connectivity index (χ4n) is 2.11. The van der Waals surface area contributed by atoms with E-state index in [0.29, 0.717) is 13.1 Å². The third kappa shape index (κ3) is 7.14. The van der Waals surface area contributed by atoms with Gasteiger partial charge in [0, 0.05) is 52.5 Å². The van der Waals surface area contributed by atoms with Gasteiger partial charge in [-0.05, 0) is 11.1 Å². The SMILES string of the molecule is CN(C)C(=O)C[n+]1ccc(-c2cc[n+](CC(=O)N(C)C)cc2)cc1.[I-].[I-]. The monoisotopic (exact) mass is 582 g/mol. The molecule has 142 valence electrons. The molecule has 0 unspecified atom stereocenters. The molecule has 0 spiro atoms. The van der Waals surface area contributed by atoms with Crippen LogP contribution in [0.5, 0.6) is 0 Å². The van der Waals surface area contributed by atoms with Gasteiger partial charge in [0.1, 0.15) is 0 Å². The summed E-state index contributed by atoms with van der Waals surface area (Å²) in [5, 5.41) is 0. The van der Waals surface area contributed by atoms with E-state index in [1.807, 2.05) is 58.2 Å². The first kappa shape index (κ1) is 24.7. The van der Waals surface area contributed by atoms with Gasteiger partial charge in [0.25, 0.3) is 11.8 Å². The number of halogens is 2. The normalized spacial score (nSPS) is 9.54. The van der Waals surface area contributed by atoms with Gasteiger partial charge in [-0.1, -0.05) is 0 Å².